The van der Waals surface area contributed by atoms with Crippen LogP contribution in [0.4, 0.5) is 4.39 Å². The van der Waals surface area contributed by atoms with Gasteiger partial charge in [-0.25, -0.2) is 4.39 Å². The summed E-state index contributed by atoms with van der Waals surface area (Å²) in [6, 6.07) is 14.5. The predicted molar refractivity (Wildman–Crippen MR) is 90.3 cm³/mol. The average molecular weight is 317 g/mol. The third-order valence-electron chi connectivity index (χ3n) is 3.37. The molecule has 2 aromatic rings. The summed E-state index contributed by atoms with van der Waals surface area (Å²) in [4.78, 5) is 11.9. The van der Waals surface area contributed by atoms with Gasteiger partial charge < -0.3 is 5.32 Å². The molecular formula is C18H20FNOS. The molecule has 0 aliphatic carbocycles. The SMILES string of the molecule is Cc1ccc([C@@H](C)NC(=O)CSCc2ccc(F)cc2)cc1. The van der Waals surface area contributed by atoms with E-state index in [1.807, 2.05) is 38.1 Å². The first-order valence-electron chi connectivity index (χ1n) is 7.22. The zero-order valence-corrected chi connectivity index (χ0v) is 13.6. The highest BCUT2D eigenvalue weighted by atomic mass is 32.2. The maximum absolute atomic E-state index is 12.8. The second-order valence-electron chi connectivity index (χ2n) is 5.32. The smallest absolute Gasteiger partial charge is 0.230 e. The second-order valence-corrected chi connectivity index (χ2v) is 6.30. The van der Waals surface area contributed by atoms with Gasteiger partial charge in [0.2, 0.25) is 5.91 Å². The van der Waals surface area contributed by atoms with Gasteiger partial charge >= 0.3 is 0 Å². The van der Waals surface area contributed by atoms with E-state index in [9.17, 15) is 9.18 Å². The molecule has 4 heteroatoms. The lowest BCUT2D eigenvalue weighted by atomic mass is 10.1. The number of halogens is 1. The molecule has 116 valence electrons. The average Bonchev–Trinajstić information content (AvgIpc) is 2.50. The van der Waals surface area contributed by atoms with E-state index in [-0.39, 0.29) is 17.8 Å². The molecule has 0 fully saturated rings. The number of hydrogen-bond acceptors (Lipinski definition) is 2. The number of hydrogen-bond donors (Lipinski definition) is 1. The normalized spacial score (nSPS) is 12.0. The third kappa shape index (κ3) is 5.19. The highest BCUT2D eigenvalue weighted by Gasteiger charge is 2.09. The van der Waals surface area contributed by atoms with Crippen molar-refractivity contribution in [3.8, 4) is 0 Å². The summed E-state index contributed by atoms with van der Waals surface area (Å²) >= 11 is 1.53. The van der Waals surface area contributed by atoms with Gasteiger partial charge in [0.1, 0.15) is 5.82 Å². The fraction of sp³-hybridized carbons (Fsp3) is 0.278. The predicted octanol–water partition coefficient (Wildman–Crippen LogP) is 4.24. The molecule has 2 aromatic carbocycles. The molecule has 0 aromatic heterocycles. The molecule has 0 saturated carbocycles. The number of benzene rings is 2. The Bertz CT molecular complexity index is 610. The monoisotopic (exact) mass is 317 g/mol. The van der Waals surface area contributed by atoms with Crippen LogP contribution in [0, 0.1) is 12.7 Å². The molecule has 1 atom stereocenters. The number of thioether (sulfide) groups is 1. The molecule has 2 nitrogen and oxygen atoms in total. The maximum Gasteiger partial charge on any atom is 0.230 e. The van der Waals surface area contributed by atoms with Crippen molar-refractivity contribution >= 4 is 17.7 Å². The fourth-order valence-corrected chi connectivity index (χ4v) is 2.86. The highest BCUT2D eigenvalue weighted by molar-refractivity contribution is 7.99. The zero-order chi connectivity index (χ0) is 15.9. The maximum atomic E-state index is 12.8. The van der Waals surface area contributed by atoms with E-state index in [0.717, 1.165) is 11.1 Å². The molecule has 0 bridgehead atoms. The van der Waals surface area contributed by atoms with E-state index in [1.54, 1.807) is 12.1 Å². The number of amides is 1. The van der Waals surface area contributed by atoms with Crippen LogP contribution in [0.25, 0.3) is 0 Å². The van der Waals surface area contributed by atoms with Crippen LogP contribution in [-0.4, -0.2) is 11.7 Å². The summed E-state index contributed by atoms with van der Waals surface area (Å²) in [5, 5.41) is 2.99. The standard InChI is InChI=1S/C18H20FNOS/c1-13-3-7-16(8-4-13)14(2)20-18(21)12-22-11-15-5-9-17(19)10-6-15/h3-10,14H,11-12H2,1-2H3,(H,20,21)/t14-/m1/s1. The molecule has 0 aliphatic heterocycles. The third-order valence-corrected chi connectivity index (χ3v) is 4.37. The van der Waals surface area contributed by atoms with Crippen molar-refractivity contribution in [3.05, 3.63) is 71.0 Å². The van der Waals surface area contributed by atoms with Crippen LogP contribution in [0.1, 0.15) is 29.7 Å². The van der Waals surface area contributed by atoms with Gasteiger partial charge in [-0.1, -0.05) is 42.0 Å². The molecule has 0 saturated heterocycles. The van der Waals surface area contributed by atoms with E-state index in [0.29, 0.717) is 11.5 Å². The van der Waals surface area contributed by atoms with Crippen molar-refractivity contribution in [2.24, 2.45) is 0 Å². The largest absolute Gasteiger partial charge is 0.349 e. The van der Waals surface area contributed by atoms with Crippen LogP contribution >= 0.6 is 11.8 Å². The topological polar surface area (TPSA) is 29.1 Å². The zero-order valence-electron chi connectivity index (χ0n) is 12.8. The van der Waals surface area contributed by atoms with Crippen molar-refractivity contribution in [2.45, 2.75) is 25.6 Å². The minimum Gasteiger partial charge on any atom is -0.349 e. The van der Waals surface area contributed by atoms with Gasteiger partial charge in [0.15, 0.2) is 0 Å². The molecule has 0 unspecified atom stereocenters. The number of carbonyl (C=O) groups excluding carboxylic acids is 1. The molecule has 0 radical (unpaired) electrons. The molecular weight excluding hydrogens is 297 g/mol. The fourth-order valence-electron chi connectivity index (χ4n) is 2.06. The Morgan fingerprint density at radius 1 is 1.14 bits per heavy atom. The van der Waals surface area contributed by atoms with E-state index in [1.165, 1.54) is 29.5 Å². The van der Waals surface area contributed by atoms with Crippen molar-refractivity contribution in [1.29, 1.82) is 0 Å². The summed E-state index contributed by atoms with van der Waals surface area (Å²) in [6.07, 6.45) is 0. The van der Waals surface area contributed by atoms with E-state index in [4.69, 9.17) is 0 Å². The first kappa shape index (κ1) is 16.6. The van der Waals surface area contributed by atoms with E-state index in [2.05, 4.69) is 5.32 Å². The second kappa shape index (κ2) is 7.99. The Labute approximate surface area is 135 Å². The van der Waals surface area contributed by atoms with E-state index >= 15 is 0 Å². The Balaban J connectivity index is 1.75. The Kier molecular flexibility index (Phi) is 6.01. The number of nitrogens with one attached hydrogen (secondary N) is 1. The first-order valence-corrected chi connectivity index (χ1v) is 8.38. The van der Waals surface area contributed by atoms with Gasteiger partial charge in [0, 0.05) is 5.75 Å². The lowest BCUT2D eigenvalue weighted by Gasteiger charge is -2.14. The molecule has 0 heterocycles. The first-order chi connectivity index (χ1) is 10.5. The van der Waals surface area contributed by atoms with Crippen LogP contribution in [0.3, 0.4) is 0 Å². The quantitative estimate of drug-likeness (QED) is 0.863. The van der Waals surface area contributed by atoms with Gasteiger partial charge in [0.25, 0.3) is 0 Å². The van der Waals surface area contributed by atoms with E-state index < -0.39 is 0 Å². The van der Waals surface area contributed by atoms with Crippen molar-refractivity contribution in [1.82, 2.24) is 5.32 Å². The van der Waals surface area contributed by atoms with Crippen molar-refractivity contribution < 1.29 is 9.18 Å². The lowest BCUT2D eigenvalue weighted by molar-refractivity contribution is -0.119. The minimum absolute atomic E-state index is 0.000443. The molecule has 0 spiro atoms. The summed E-state index contributed by atoms with van der Waals surface area (Å²) in [6.45, 7) is 4.02. The van der Waals surface area contributed by atoms with Crippen molar-refractivity contribution in [3.63, 3.8) is 0 Å². The van der Waals surface area contributed by atoms with Gasteiger partial charge in [-0.3, -0.25) is 4.79 Å². The lowest BCUT2D eigenvalue weighted by Crippen LogP contribution is -2.28. The van der Waals surface area contributed by atoms with Gasteiger partial charge in [-0.15, -0.1) is 11.8 Å². The van der Waals surface area contributed by atoms with Crippen molar-refractivity contribution in [2.75, 3.05) is 5.75 Å². The molecule has 2 rings (SSSR count). The molecule has 22 heavy (non-hydrogen) atoms. The highest BCUT2D eigenvalue weighted by Crippen LogP contribution is 2.15. The molecule has 1 N–H and O–H groups in total. The van der Waals surface area contributed by atoms with Gasteiger partial charge in [-0.05, 0) is 37.1 Å². The summed E-state index contributed by atoms with van der Waals surface area (Å²) < 4.78 is 12.8. The summed E-state index contributed by atoms with van der Waals surface area (Å²) in [7, 11) is 0. The summed E-state index contributed by atoms with van der Waals surface area (Å²) in [5.74, 6) is 0.874. The van der Waals surface area contributed by atoms with Crippen LogP contribution in [0.2, 0.25) is 0 Å². The van der Waals surface area contributed by atoms with Crippen LogP contribution in [-0.2, 0) is 10.5 Å². The van der Waals surface area contributed by atoms with Gasteiger partial charge in [0.05, 0.1) is 11.8 Å². The number of aryl methyl sites for hydroxylation is 1. The minimum atomic E-state index is -0.238. The van der Waals surface area contributed by atoms with Crippen LogP contribution < -0.4 is 5.32 Å². The van der Waals surface area contributed by atoms with Crippen LogP contribution in [0.15, 0.2) is 48.5 Å². The van der Waals surface area contributed by atoms with Crippen LogP contribution in [0.5, 0.6) is 0 Å². The number of rotatable bonds is 6. The molecule has 1 amide bonds. The summed E-state index contributed by atoms with van der Waals surface area (Å²) in [5.41, 5.74) is 3.32. The Morgan fingerprint density at radius 2 is 1.77 bits per heavy atom. The Morgan fingerprint density at radius 3 is 2.41 bits per heavy atom. The number of carbonyl (C=O) groups is 1. The Hall–Kier alpha value is -1.81. The molecule has 0 aliphatic rings. The van der Waals surface area contributed by atoms with Gasteiger partial charge in [-0.2, -0.15) is 0 Å².